The summed E-state index contributed by atoms with van der Waals surface area (Å²) in [6.45, 7) is -0.182. The molecule has 0 aliphatic carbocycles. The van der Waals surface area contributed by atoms with Gasteiger partial charge in [-0.15, -0.1) is 0 Å². The lowest BCUT2D eigenvalue weighted by molar-refractivity contribution is 0.582. The minimum atomic E-state index is -3.77. The number of sulfone groups is 1. The Bertz CT molecular complexity index is 680. The van der Waals surface area contributed by atoms with Crippen molar-refractivity contribution in [2.45, 2.75) is 4.90 Å². The summed E-state index contributed by atoms with van der Waals surface area (Å²) in [7, 11) is -6.99. The molecule has 0 bridgehead atoms. The molecule has 19 heavy (non-hydrogen) atoms. The molecule has 9 heteroatoms. The molecule has 1 rings (SSSR count). The van der Waals surface area contributed by atoms with Gasteiger partial charge in [0, 0.05) is 18.4 Å². The van der Waals surface area contributed by atoms with Crippen LogP contribution >= 0.6 is 12.2 Å². The molecule has 106 valence electrons. The van der Waals surface area contributed by atoms with Gasteiger partial charge in [0.25, 0.3) is 0 Å². The molecule has 0 saturated carbocycles. The highest BCUT2D eigenvalue weighted by Crippen LogP contribution is 2.11. The maximum atomic E-state index is 11.9. The molecule has 1 aromatic carbocycles. The van der Waals surface area contributed by atoms with Gasteiger partial charge in [0.05, 0.1) is 10.6 Å². The topological polar surface area (TPSA) is 106 Å². The highest BCUT2D eigenvalue weighted by atomic mass is 32.2. The Morgan fingerprint density at radius 3 is 2.47 bits per heavy atom. The van der Waals surface area contributed by atoms with E-state index in [-0.39, 0.29) is 22.2 Å². The Morgan fingerprint density at radius 2 is 1.95 bits per heavy atom. The summed E-state index contributed by atoms with van der Waals surface area (Å²) in [4.78, 5) is 0.0829. The molecule has 0 aromatic heterocycles. The van der Waals surface area contributed by atoms with E-state index >= 15 is 0 Å². The van der Waals surface area contributed by atoms with Crippen LogP contribution in [0.2, 0.25) is 0 Å². The zero-order valence-corrected chi connectivity index (χ0v) is 12.6. The third kappa shape index (κ3) is 5.23. The van der Waals surface area contributed by atoms with Gasteiger partial charge in [-0.25, -0.2) is 21.6 Å². The van der Waals surface area contributed by atoms with Crippen LogP contribution in [0.1, 0.15) is 5.56 Å². The summed E-state index contributed by atoms with van der Waals surface area (Å²) in [6, 6.07) is 5.83. The summed E-state index contributed by atoms with van der Waals surface area (Å²) in [6.07, 6.45) is 1.04. The Balaban J connectivity index is 2.89. The third-order valence-electron chi connectivity index (χ3n) is 2.19. The van der Waals surface area contributed by atoms with E-state index in [2.05, 4.69) is 4.72 Å². The van der Waals surface area contributed by atoms with E-state index in [9.17, 15) is 16.8 Å². The van der Waals surface area contributed by atoms with Crippen LogP contribution < -0.4 is 10.5 Å². The number of sulfonamides is 1. The lowest BCUT2D eigenvalue weighted by Crippen LogP contribution is -2.29. The first kappa shape index (κ1) is 16.0. The summed E-state index contributed by atoms with van der Waals surface area (Å²) < 4.78 is 47.9. The van der Waals surface area contributed by atoms with E-state index in [0.717, 1.165) is 6.26 Å². The zero-order chi connectivity index (χ0) is 14.7. The molecule has 6 nitrogen and oxygen atoms in total. The van der Waals surface area contributed by atoms with Gasteiger partial charge in [-0.1, -0.05) is 24.4 Å². The number of hydrogen-bond donors (Lipinski definition) is 2. The third-order valence-corrected chi connectivity index (χ3v) is 4.83. The van der Waals surface area contributed by atoms with Gasteiger partial charge in [-0.05, 0) is 12.1 Å². The lowest BCUT2D eigenvalue weighted by Gasteiger charge is -2.07. The first-order valence-electron chi connectivity index (χ1n) is 5.19. The standard InChI is InChI=1S/C10H14N2O4S3/c1-18(13,14)6-5-12-19(15,16)9-4-2-3-8(7-9)10(11)17/h2-4,7,12H,5-6H2,1H3,(H2,11,17). The molecular weight excluding hydrogens is 308 g/mol. The van der Waals surface area contributed by atoms with E-state index in [1.165, 1.54) is 18.2 Å². The Hall–Kier alpha value is -1.03. The van der Waals surface area contributed by atoms with Crippen molar-refractivity contribution >= 4 is 37.1 Å². The average Bonchev–Trinajstić information content (AvgIpc) is 2.27. The molecule has 3 N–H and O–H groups in total. The molecule has 0 radical (unpaired) electrons. The van der Waals surface area contributed by atoms with Crippen molar-refractivity contribution in [3.63, 3.8) is 0 Å². The van der Waals surface area contributed by atoms with Crippen LogP contribution in [-0.4, -0.2) is 40.4 Å². The van der Waals surface area contributed by atoms with Crippen molar-refractivity contribution < 1.29 is 16.8 Å². The molecule has 0 unspecified atom stereocenters. The second kappa shape index (κ2) is 5.95. The maximum Gasteiger partial charge on any atom is 0.240 e. The Morgan fingerprint density at radius 1 is 1.32 bits per heavy atom. The van der Waals surface area contributed by atoms with E-state index in [1.807, 2.05) is 0 Å². The first-order chi connectivity index (χ1) is 8.62. The SMILES string of the molecule is CS(=O)(=O)CCNS(=O)(=O)c1cccc(C(N)=S)c1. The molecule has 0 heterocycles. The molecule has 0 atom stereocenters. The Kier molecular flexibility index (Phi) is 5.02. The van der Waals surface area contributed by atoms with Gasteiger partial charge in [-0.2, -0.15) is 0 Å². The first-order valence-corrected chi connectivity index (χ1v) is 9.14. The van der Waals surface area contributed by atoms with Crippen LogP contribution in [0.25, 0.3) is 0 Å². The minimum absolute atomic E-state index is 0.00805. The van der Waals surface area contributed by atoms with Crippen LogP contribution in [0.4, 0.5) is 0 Å². The van der Waals surface area contributed by atoms with E-state index in [1.54, 1.807) is 6.07 Å². The van der Waals surface area contributed by atoms with E-state index in [0.29, 0.717) is 5.56 Å². The Labute approximate surface area is 118 Å². The normalized spacial score (nSPS) is 12.3. The molecular formula is C10H14N2O4S3. The van der Waals surface area contributed by atoms with E-state index < -0.39 is 19.9 Å². The van der Waals surface area contributed by atoms with Gasteiger partial charge in [0.15, 0.2) is 0 Å². The molecule has 1 aromatic rings. The van der Waals surface area contributed by atoms with Gasteiger partial charge in [-0.3, -0.25) is 0 Å². The smallest absolute Gasteiger partial charge is 0.240 e. The van der Waals surface area contributed by atoms with Crippen LogP contribution in [0, 0.1) is 0 Å². The fourth-order valence-electron chi connectivity index (χ4n) is 1.26. The van der Waals surface area contributed by atoms with Crippen LogP contribution in [0.5, 0.6) is 0 Å². The van der Waals surface area contributed by atoms with Gasteiger partial charge in [0.1, 0.15) is 14.8 Å². The van der Waals surface area contributed by atoms with E-state index in [4.69, 9.17) is 18.0 Å². The van der Waals surface area contributed by atoms with Gasteiger partial charge in [0.2, 0.25) is 10.0 Å². The highest BCUT2D eigenvalue weighted by Gasteiger charge is 2.15. The predicted molar refractivity (Wildman–Crippen MR) is 77.2 cm³/mol. The number of rotatable bonds is 6. The largest absolute Gasteiger partial charge is 0.389 e. The number of hydrogen-bond acceptors (Lipinski definition) is 5. The summed E-state index contributed by atoms with van der Waals surface area (Å²) >= 11 is 4.76. The molecule has 0 amide bonds. The number of nitrogens with one attached hydrogen (secondary N) is 1. The van der Waals surface area contributed by atoms with Crippen molar-refractivity contribution in [3.8, 4) is 0 Å². The average molecular weight is 322 g/mol. The van der Waals surface area contributed by atoms with Crippen molar-refractivity contribution in [3.05, 3.63) is 29.8 Å². The van der Waals surface area contributed by atoms with Crippen molar-refractivity contribution in [2.24, 2.45) is 5.73 Å². The number of nitrogens with two attached hydrogens (primary N) is 1. The summed E-state index contributed by atoms with van der Waals surface area (Å²) in [5.74, 6) is -0.263. The van der Waals surface area contributed by atoms with Crippen molar-refractivity contribution in [1.82, 2.24) is 4.72 Å². The molecule has 0 fully saturated rings. The maximum absolute atomic E-state index is 11.9. The summed E-state index contributed by atoms with van der Waals surface area (Å²) in [5.41, 5.74) is 5.85. The minimum Gasteiger partial charge on any atom is -0.389 e. The predicted octanol–water partition coefficient (Wildman–Crippen LogP) is -0.356. The fraction of sp³-hybridized carbons (Fsp3) is 0.300. The quantitative estimate of drug-likeness (QED) is 0.693. The van der Waals surface area contributed by atoms with Crippen LogP contribution in [0.3, 0.4) is 0 Å². The number of benzene rings is 1. The second-order valence-electron chi connectivity index (χ2n) is 3.92. The fourth-order valence-corrected chi connectivity index (χ4v) is 3.07. The zero-order valence-electron chi connectivity index (χ0n) is 10.2. The van der Waals surface area contributed by atoms with Gasteiger partial charge >= 0.3 is 0 Å². The molecule has 0 aliphatic heterocycles. The van der Waals surface area contributed by atoms with Gasteiger partial charge < -0.3 is 5.73 Å². The number of thiocarbonyl (C=S) groups is 1. The van der Waals surface area contributed by atoms with Crippen molar-refractivity contribution in [1.29, 1.82) is 0 Å². The molecule has 0 spiro atoms. The van der Waals surface area contributed by atoms with Crippen LogP contribution in [-0.2, 0) is 19.9 Å². The monoisotopic (exact) mass is 322 g/mol. The van der Waals surface area contributed by atoms with Crippen LogP contribution in [0.15, 0.2) is 29.2 Å². The molecule has 0 saturated heterocycles. The van der Waals surface area contributed by atoms with Crippen molar-refractivity contribution in [2.75, 3.05) is 18.6 Å². The highest BCUT2D eigenvalue weighted by molar-refractivity contribution is 7.91. The second-order valence-corrected chi connectivity index (χ2v) is 8.39. The lowest BCUT2D eigenvalue weighted by atomic mass is 10.2. The summed E-state index contributed by atoms with van der Waals surface area (Å²) in [5, 5.41) is 0. The molecule has 0 aliphatic rings.